The summed E-state index contributed by atoms with van der Waals surface area (Å²) in [5.74, 6) is -1.35. The third-order valence-corrected chi connectivity index (χ3v) is 3.02. The summed E-state index contributed by atoms with van der Waals surface area (Å²) in [5.41, 5.74) is 2.18. The Morgan fingerprint density at radius 3 is 2.50 bits per heavy atom. The quantitative estimate of drug-likeness (QED) is 0.885. The molecular formula is C14H10ClFO2. The average molecular weight is 265 g/mol. The lowest BCUT2D eigenvalue weighted by atomic mass is 9.98. The maximum Gasteiger partial charge on any atom is 0.335 e. The molecule has 0 bridgehead atoms. The molecule has 0 radical (unpaired) electrons. The van der Waals surface area contributed by atoms with Crippen LogP contribution in [0.25, 0.3) is 11.1 Å². The van der Waals surface area contributed by atoms with Gasteiger partial charge in [0.05, 0.1) is 5.56 Å². The van der Waals surface area contributed by atoms with Gasteiger partial charge in [-0.05, 0) is 48.4 Å². The van der Waals surface area contributed by atoms with Crippen molar-refractivity contribution < 1.29 is 14.3 Å². The first-order valence-electron chi connectivity index (χ1n) is 5.28. The second-order valence-electron chi connectivity index (χ2n) is 3.96. The lowest BCUT2D eigenvalue weighted by Crippen LogP contribution is -1.97. The maximum atomic E-state index is 13.0. The standard InChI is InChI=1S/C14H10ClFO2/c1-8-6-10(16)3-4-11(8)12-7-9(14(17)18)2-5-13(12)15/h2-7H,1H3,(H,17,18). The maximum absolute atomic E-state index is 13.0. The first-order valence-corrected chi connectivity index (χ1v) is 5.66. The zero-order valence-corrected chi connectivity index (χ0v) is 10.3. The molecule has 18 heavy (non-hydrogen) atoms. The summed E-state index contributed by atoms with van der Waals surface area (Å²) in [7, 11) is 0. The fourth-order valence-electron chi connectivity index (χ4n) is 1.79. The van der Waals surface area contributed by atoms with Gasteiger partial charge in [-0.25, -0.2) is 9.18 Å². The second kappa shape index (κ2) is 4.78. The summed E-state index contributed by atoms with van der Waals surface area (Å²) in [6.07, 6.45) is 0. The molecule has 0 fully saturated rings. The molecule has 0 unspecified atom stereocenters. The van der Waals surface area contributed by atoms with E-state index in [2.05, 4.69) is 0 Å². The lowest BCUT2D eigenvalue weighted by Gasteiger charge is -2.09. The molecule has 1 N–H and O–H groups in total. The molecule has 2 rings (SSSR count). The summed E-state index contributed by atoms with van der Waals surface area (Å²) in [6, 6.07) is 8.77. The van der Waals surface area contributed by atoms with Crippen LogP contribution in [-0.2, 0) is 0 Å². The number of aromatic carboxylic acids is 1. The van der Waals surface area contributed by atoms with E-state index in [-0.39, 0.29) is 11.4 Å². The van der Waals surface area contributed by atoms with E-state index >= 15 is 0 Å². The Hall–Kier alpha value is -1.87. The first kappa shape index (κ1) is 12.6. The Bertz CT molecular complexity index is 623. The van der Waals surface area contributed by atoms with Gasteiger partial charge in [0, 0.05) is 10.6 Å². The number of carboxylic acid groups (broad SMARTS) is 1. The minimum Gasteiger partial charge on any atom is -0.478 e. The van der Waals surface area contributed by atoms with Crippen LogP contribution < -0.4 is 0 Å². The highest BCUT2D eigenvalue weighted by Crippen LogP contribution is 2.31. The fourth-order valence-corrected chi connectivity index (χ4v) is 2.01. The van der Waals surface area contributed by atoms with E-state index in [1.54, 1.807) is 13.0 Å². The summed E-state index contributed by atoms with van der Waals surface area (Å²) in [5, 5.41) is 9.40. The molecule has 0 saturated carbocycles. The molecule has 2 aromatic carbocycles. The zero-order chi connectivity index (χ0) is 13.3. The molecule has 92 valence electrons. The van der Waals surface area contributed by atoms with Gasteiger partial charge in [-0.2, -0.15) is 0 Å². The third-order valence-electron chi connectivity index (χ3n) is 2.69. The minimum atomic E-state index is -1.02. The number of hydrogen-bond donors (Lipinski definition) is 1. The van der Waals surface area contributed by atoms with Gasteiger partial charge < -0.3 is 5.11 Å². The van der Waals surface area contributed by atoms with Crippen molar-refractivity contribution in [3.05, 3.63) is 58.4 Å². The van der Waals surface area contributed by atoms with Crippen LogP contribution in [0.3, 0.4) is 0 Å². The molecule has 0 aliphatic rings. The number of benzene rings is 2. The summed E-state index contributed by atoms with van der Waals surface area (Å²) in [6.45, 7) is 1.75. The molecule has 0 aliphatic carbocycles. The van der Waals surface area contributed by atoms with Gasteiger partial charge in [0.25, 0.3) is 0 Å². The Kier molecular flexibility index (Phi) is 3.34. The number of carbonyl (C=O) groups is 1. The van der Waals surface area contributed by atoms with Gasteiger partial charge in [0.15, 0.2) is 0 Å². The van der Waals surface area contributed by atoms with E-state index in [4.69, 9.17) is 16.7 Å². The first-order chi connectivity index (χ1) is 8.49. The molecule has 0 heterocycles. The van der Waals surface area contributed by atoms with Gasteiger partial charge in [-0.3, -0.25) is 0 Å². The molecular weight excluding hydrogens is 255 g/mol. The normalized spacial score (nSPS) is 10.4. The Morgan fingerprint density at radius 1 is 1.17 bits per heavy atom. The van der Waals surface area contributed by atoms with Crippen LogP contribution in [0.1, 0.15) is 15.9 Å². The summed E-state index contributed by atoms with van der Waals surface area (Å²) >= 11 is 6.06. The molecule has 0 spiro atoms. The minimum absolute atomic E-state index is 0.151. The highest BCUT2D eigenvalue weighted by Gasteiger charge is 2.11. The Balaban J connectivity index is 2.62. The second-order valence-corrected chi connectivity index (χ2v) is 4.37. The van der Waals surface area contributed by atoms with Gasteiger partial charge in [-0.15, -0.1) is 0 Å². The van der Waals surface area contributed by atoms with Crippen molar-refractivity contribution in [2.75, 3.05) is 0 Å². The number of aryl methyl sites for hydroxylation is 1. The van der Waals surface area contributed by atoms with Crippen molar-refractivity contribution in [3.8, 4) is 11.1 Å². The van der Waals surface area contributed by atoms with E-state index in [1.807, 2.05) is 0 Å². The Labute approximate surface area is 109 Å². The fraction of sp³-hybridized carbons (Fsp3) is 0.0714. The summed E-state index contributed by atoms with van der Waals surface area (Å²) < 4.78 is 13.0. The van der Waals surface area contributed by atoms with E-state index in [1.165, 1.54) is 30.3 Å². The smallest absolute Gasteiger partial charge is 0.335 e. The van der Waals surface area contributed by atoms with Crippen LogP contribution in [-0.4, -0.2) is 11.1 Å². The van der Waals surface area contributed by atoms with Gasteiger partial charge in [0.1, 0.15) is 5.82 Å². The van der Waals surface area contributed by atoms with Crippen LogP contribution in [0.15, 0.2) is 36.4 Å². The van der Waals surface area contributed by atoms with Crippen molar-refractivity contribution >= 4 is 17.6 Å². The van der Waals surface area contributed by atoms with Crippen LogP contribution >= 0.6 is 11.6 Å². The van der Waals surface area contributed by atoms with E-state index < -0.39 is 5.97 Å². The topological polar surface area (TPSA) is 37.3 Å². The molecule has 0 aliphatic heterocycles. The van der Waals surface area contributed by atoms with E-state index in [9.17, 15) is 9.18 Å². The van der Waals surface area contributed by atoms with E-state index in [0.29, 0.717) is 16.1 Å². The molecule has 0 saturated heterocycles. The van der Waals surface area contributed by atoms with E-state index in [0.717, 1.165) is 5.56 Å². The lowest BCUT2D eigenvalue weighted by molar-refractivity contribution is 0.0697. The number of rotatable bonds is 2. The van der Waals surface area contributed by atoms with Gasteiger partial charge in [0.2, 0.25) is 0 Å². The number of carboxylic acids is 1. The van der Waals surface area contributed by atoms with Crippen molar-refractivity contribution in [2.45, 2.75) is 6.92 Å². The highest BCUT2D eigenvalue weighted by atomic mass is 35.5. The van der Waals surface area contributed by atoms with Crippen LogP contribution in [0.2, 0.25) is 5.02 Å². The van der Waals surface area contributed by atoms with Gasteiger partial charge in [-0.1, -0.05) is 17.7 Å². The van der Waals surface area contributed by atoms with Crippen molar-refractivity contribution in [3.63, 3.8) is 0 Å². The number of halogens is 2. The highest BCUT2D eigenvalue weighted by molar-refractivity contribution is 6.33. The predicted octanol–water partition coefficient (Wildman–Crippen LogP) is 4.15. The molecule has 2 aromatic rings. The average Bonchev–Trinajstić information content (AvgIpc) is 2.30. The monoisotopic (exact) mass is 264 g/mol. The predicted molar refractivity (Wildman–Crippen MR) is 68.5 cm³/mol. The molecule has 0 aromatic heterocycles. The SMILES string of the molecule is Cc1cc(F)ccc1-c1cc(C(=O)O)ccc1Cl. The largest absolute Gasteiger partial charge is 0.478 e. The van der Waals surface area contributed by atoms with Crippen molar-refractivity contribution in [1.29, 1.82) is 0 Å². The van der Waals surface area contributed by atoms with Crippen LogP contribution in [0.4, 0.5) is 4.39 Å². The number of hydrogen-bond acceptors (Lipinski definition) is 1. The molecule has 0 atom stereocenters. The van der Waals surface area contributed by atoms with Crippen molar-refractivity contribution in [1.82, 2.24) is 0 Å². The third kappa shape index (κ3) is 2.36. The molecule has 0 amide bonds. The molecule has 4 heteroatoms. The van der Waals surface area contributed by atoms with Crippen LogP contribution in [0, 0.1) is 12.7 Å². The van der Waals surface area contributed by atoms with Crippen LogP contribution in [0.5, 0.6) is 0 Å². The Morgan fingerprint density at radius 2 is 1.89 bits per heavy atom. The van der Waals surface area contributed by atoms with Crippen molar-refractivity contribution in [2.24, 2.45) is 0 Å². The molecule has 2 nitrogen and oxygen atoms in total. The zero-order valence-electron chi connectivity index (χ0n) is 9.58. The van der Waals surface area contributed by atoms with Gasteiger partial charge >= 0.3 is 5.97 Å². The summed E-state index contributed by atoms with van der Waals surface area (Å²) in [4.78, 5) is 10.9.